The minimum atomic E-state index is -0.436. The highest BCUT2D eigenvalue weighted by Gasteiger charge is 2.26. The van der Waals surface area contributed by atoms with Crippen molar-refractivity contribution < 1.29 is 14.3 Å². The highest BCUT2D eigenvalue weighted by molar-refractivity contribution is 7.98. The van der Waals surface area contributed by atoms with Gasteiger partial charge in [-0.3, -0.25) is 0 Å². The second-order valence-electron chi connectivity index (χ2n) is 6.93. The van der Waals surface area contributed by atoms with Gasteiger partial charge in [-0.25, -0.2) is 9.78 Å². The minimum Gasteiger partial charge on any atom is -0.478 e. The van der Waals surface area contributed by atoms with E-state index in [9.17, 15) is 4.79 Å². The van der Waals surface area contributed by atoms with E-state index in [4.69, 9.17) is 9.47 Å². The number of likely N-dealkylation sites (tertiary alicyclic amines) is 1. The van der Waals surface area contributed by atoms with Crippen LogP contribution in [0.3, 0.4) is 0 Å². The van der Waals surface area contributed by atoms with Crippen molar-refractivity contribution in [2.75, 3.05) is 26.0 Å². The van der Waals surface area contributed by atoms with Crippen LogP contribution in [0.5, 0.6) is 5.88 Å². The third-order valence-electron chi connectivity index (χ3n) is 3.83. The average molecular weight is 353 g/mol. The molecule has 0 atom stereocenters. The van der Waals surface area contributed by atoms with Crippen LogP contribution in [-0.4, -0.2) is 52.5 Å². The number of nitrogens with zero attached hydrogens (tertiary/aromatic N) is 3. The Morgan fingerprint density at radius 2 is 2.08 bits per heavy atom. The van der Waals surface area contributed by atoms with Gasteiger partial charge in [-0.1, -0.05) is 11.8 Å². The number of hydrogen-bond donors (Lipinski definition) is 0. The fraction of sp³-hybridized carbons (Fsp3) is 0.706. The van der Waals surface area contributed by atoms with Gasteiger partial charge in [0.2, 0.25) is 5.88 Å². The van der Waals surface area contributed by atoms with Gasteiger partial charge in [0.05, 0.1) is 6.61 Å². The van der Waals surface area contributed by atoms with E-state index < -0.39 is 5.60 Å². The highest BCUT2D eigenvalue weighted by Crippen LogP contribution is 2.22. The van der Waals surface area contributed by atoms with E-state index in [-0.39, 0.29) is 6.09 Å². The highest BCUT2D eigenvalue weighted by atomic mass is 32.2. The molecule has 1 aromatic heterocycles. The van der Waals surface area contributed by atoms with Crippen LogP contribution in [-0.2, 0) is 4.74 Å². The van der Waals surface area contributed by atoms with Gasteiger partial charge < -0.3 is 14.4 Å². The maximum Gasteiger partial charge on any atom is 0.410 e. The van der Waals surface area contributed by atoms with E-state index in [0.29, 0.717) is 18.4 Å². The molecule has 1 aromatic rings. The van der Waals surface area contributed by atoms with Crippen molar-refractivity contribution in [1.29, 1.82) is 0 Å². The Labute approximate surface area is 148 Å². The number of aromatic nitrogens is 2. The molecule has 0 radical (unpaired) electrons. The Hall–Kier alpha value is -1.50. The van der Waals surface area contributed by atoms with Gasteiger partial charge in [0.1, 0.15) is 5.60 Å². The van der Waals surface area contributed by atoms with Crippen molar-refractivity contribution in [1.82, 2.24) is 14.9 Å². The van der Waals surface area contributed by atoms with Crippen LogP contribution < -0.4 is 4.74 Å². The van der Waals surface area contributed by atoms with Crippen molar-refractivity contribution in [2.24, 2.45) is 5.92 Å². The maximum atomic E-state index is 12.0. The standard InChI is InChI=1S/C17H27N3O3S/c1-17(2,3)23-16(21)20-10-6-13(7-11-20)8-12-22-14-5-9-18-15(19-14)24-4/h5,9,13H,6-8,10-12H2,1-4H3. The van der Waals surface area contributed by atoms with E-state index in [0.717, 1.165) is 37.5 Å². The second-order valence-corrected chi connectivity index (χ2v) is 7.70. The summed E-state index contributed by atoms with van der Waals surface area (Å²) in [6, 6.07) is 1.78. The molecule has 24 heavy (non-hydrogen) atoms. The predicted octanol–water partition coefficient (Wildman–Crippen LogP) is 3.61. The Morgan fingerprint density at radius 3 is 2.71 bits per heavy atom. The van der Waals surface area contributed by atoms with Crippen molar-refractivity contribution in [3.63, 3.8) is 0 Å². The summed E-state index contributed by atoms with van der Waals surface area (Å²) < 4.78 is 11.1. The van der Waals surface area contributed by atoms with Gasteiger partial charge >= 0.3 is 6.09 Å². The molecule has 0 aliphatic carbocycles. The van der Waals surface area contributed by atoms with Crippen LogP contribution in [0.2, 0.25) is 0 Å². The van der Waals surface area contributed by atoms with Gasteiger partial charge in [-0.2, -0.15) is 4.98 Å². The molecule has 1 amide bonds. The molecule has 7 heteroatoms. The van der Waals surface area contributed by atoms with Crippen molar-refractivity contribution in [3.8, 4) is 5.88 Å². The van der Waals surface area contributed by atoms with Crippen molar-refractivity contribution in [3.05, 3.63) is 12.3 Å². The molecule has 0 saturated carbocycles. The Balaban J connectivity index is 1.68. The Morgan fingerprint density at radius 1 is 1.38 bits per heavy atom. The lowest BCUT2D eigenvalue weighted by Crippen LogP contribution is -2.41. The monoisotopic (exact) mass is 353 g/mol. The zero-order valence-electron chi connectivity index (χ0n) is 14.9. The molecular weight excluding hydrogens is 326 g/mol. The largest absolute Gasteiger partial charge is 0.478 e. The van der Waals surface area contributed by atoms with Crippen LogP contribution >= 0.6 is 11.8 Å². The summed E-state index contributed by atoms with van der Waals surface area (Å²) in [5, 5.41) is 0.721. The SMILES string of the molecule is CSc1nccc(OCCC2CCN(C(=O)OC(C)(C)C)CC2)n1. The normalized spacial score (nSPS) is 16.1. The van der Waals surface area contributed by atoms with Gasteiger partial charge in [0, 0.05) is 25.4 Å². The van der Waals surface area contributed by atoms with Gasteiger partial charge in [-0.05, 0) is 52.2 Å². The molecule has 0 unspecified atom stereocenters. The minimum absolute atomic E-state index is 0.206. The maximum absolute atomic E-state index is 12.0. The molecule has 1 aliphatic rings. The number of amides is 1. The molecule has 0 bridgehead atoms. The summed E-state index contributed by atoms with van der Waals surface area (Å²) in [7, 11) is 0. The number of rotatable bonds is 5. The number of hydrogen-bond acceptors (Lipinski definition) is 6. The number of thioether (sulfide) groups is 1. The molecular formula is C17H27N3O3S. The van der Waals surface area contributed by atoms with Crippen LogP contribution in [0.15, 0.2) is 17.4 Å². The second kappa shape index (κ2) is 8.55. The number of carbonyl (C=O) groups is 1. The zero-order valence-corrected chi connectivity index (χ0v) is 15.8. The summed E-state index contributed by atoms with van der Waals surface area (Å²) >= 11 is 1.50. The van der Waals surface area contributed by atoms with Crippen molar-refractivity contribution in [2.45, 2.75) is 50.8 Å². The lowest BCUT2D eigenvalue weighted by molar-refractivity contribution is 0.0177. The predicted molar refractivity (Wildman–Crippen MR) is 94.5 cm³/mol. The summed E-state index contributed by atoms with van der Waals surface area (Å²) in [5.74, 6) is 1.20. The van der Waals surface area contributed by atoms with E-state index in [2.05, 4.69) is 9.97 Å². The molecule has 0 N–H and O–H groups in total. The van der Waals surface area contributed by atoms with E-state index in [1.165, 1.54) is 11.8 Å². The molecule has 1 saturated heterocycles. The van der Waals surface area contributed by atoms with Gasteiger partial charge in [0.25, 0.3) is 0 Å². The molecule has 6 nitrogen and oxygen atoms in total. The van der Waals surface area contributed by atoms with E-state index >= 15 is 0 Å². The third kappa shape index (κ3) is 6.19. The van der Waals surface area contributed by atoms with Gasteiger partial charge in [0.15, 0.2) is 5.16 Å². The zero-order chi connectivity index (χ0) is 17.6. The number of piperidine rings is 1. The first kappa shape index (κ1) is 18.8. The van der Waals surface area contributed by atoms with Crippen LogP contribution in [0.4, 0.5) is 4.79 Å². The smallest absolute Gasteiger partial charge is 0.410 e. The Kier molecular flexibility index (Phi) is 6.71. The van der Waals surface area contributed by atoms with Crippen molar-refractivity contribution >= 4 is 17.9 Å². The topological polar surface area (TPSA) is 64.5 Å². The molecule has 0 spiro atoms. The lowest BCUT2D eigenvalue weighted by atomic mass is 9.94. The van der Waals surface area contributed by atoms with Crippen LogP contribution in [0.25, 0.3) is 0 Å². The van der Waals surface area contributed by atoms with E-state index in [1.807, 2.05) is 27.0 Å². The van der Waals surface area contributed by atoms with Crippen LogP contribution in [0, 0.1) is 5.92 Å². The summed E-state index contributed by atoms with van der Waals surface area (Å²) in [6.45, 7) is 7.83. The number of ether oxygens (including phenoxy) is 2. The fourth-order valence-corrected chi connectivity index (χ4v) is 2.91. The third-order valence-corrected chi connectivity index (χ3v) is 4.39. The quantitative estimate of drug-likeness (QED) is 0.595. The molecule has 0 aromatic carbocycles. The summed E-state index contributed by atoms with van der Waals surface area (Å²) in [5.41, 5.74) is -0.436. The molecule has 1 fully saturated rings. The van der Waals surface area contributed by atoms with E-state index in [1.54, 1.807) is 17.2 Å². The average Bonchev–Trinajstić information content (AvgIpc) is 2.54. The van der Waals surface area contributed by atoms with Crippen LogP contribution in [0.1, 0.15) is 40.0 Å². The molecule has 2 heterocycles. The number of carbonyl (C=O) groups excluding carboxylic acids is 1. The molecule has 134 valence electrons. The fourth-order valence-electron chi connectivity index (χ4n) is 2.56. The first-order valence-electron chi connectivity index (χ1n) is 8.35. The summed E-state index contributed by atoms with van der Waals surface area (Å²) in [4.78, 5) is 22.3. The summed E-state index contributed by atoms with van der Waals surface area (Å²) in [6.07, 6.45) is 6.40. The molecule has 2 rings (SSSR count). The Bertz CT molecular complexity index is 540. The lowest BCUT2D eigenvalue weighted by Gasteiger charge is -2.33. The van der Waals surface area contributed by atoms with Gasteiger partial charge in [-0.15, -0.1) is 0 Å². The first-order chi connectivity index (χ1) is 11.4. The first-order valence-corrected chi connectivity index (χ1v) is 9.57. The molecule has 1 aliphatic heterocycles.